The van der Waals surface area contributed by atoms with E-state index in [0.717, 1.165) is 12.2 Å². The third-order valence-electron chi connectivity index (χ3n) is 7.35. The lowest BCUT2D eigenvalue weighted by Gasteiger charge is -2.34. The summed E-state index contributed by atoms with van der Waals surface area (Å²) in [6, 6.07) is 0.0650. The summed E-state index contributed by atoms with van der Waals surface area (Å²) in [6.07, 6.45) is -4.47. The quantitative estimate of drug-likeness (QED) is 0.110. The fourth-order valence-electron chi connectivity index (χ4n) is 4.48. The Bertz CT molecular complexity index is 1420. The van der Waals surface area contributed by atoms with Crippen LogP contribution in [0.15, 0.2) is 28.5 Å². The van der Waals surface area contributed by atoms with Gasteiger partial charge in [0.1, 0.15) is 12.3 Å². The Balaban J connectivity index is 1.30. The zero-order chi connectivity index (χ0) is 33.7. The molecule has 1 aliphatic carbocycles. The highest BCUT2D eigenvalue weighted by Gasteiger charge is 2.40. The Labute approximate surface area is 261 Å². The van der Waals surface area contributed by atoms with Gasteiger partial charge in [-0.25, -0.2) is 14.6 Å². The summed E-state index contributed by atoms with van der Waals surface area (Å²) in [4.78, 5) is 41.2. The first-order chi connectivity index (χ1) is 21.5. The van der Waals surface area contributed by atoms with Crippen LogP contribution in [0.1, 0.15) is 24.0 Å². The van der Waals surface area contributed by atoms with Crippen molar-refractivity contribution in [3.05, 3.63) is 40.1 Å². The Hall–Kier alpha value is -3.74. The van der Waals surface area contributed by atoms with Crippen LogP contribution in [0.5, 0.6) is 0 Å². The third kappa shape index (κ3) is 9.88. The van der Waals surface area contributed by atoms with Crippen molar-refractivity contribution in [1.82, 2.24) is 24.6 Å². The zero-order valence-electron chi connectivity index (χ0n) is 25.6. The second-order valence-corrected chi connectivity index (χ2v) is 17.9. The van der Waals surface area contributed by atoms with Gasteiger partial charge in [0.05, 0.1) is 29.7 Å². The van der Waals surface area contributed by atoms with Gasteiger partial charge in [0, 0.05) is 53.3 Å². The molecular weight excluding hydrogens is 642 g/mol. The maximum Gasteiger partial charge on any atom is 0.423 e. The first kappa shape index (κ1) is 35.1. The van der Waals surface area contributed by atoms with Crippen LogP contribution >= 0.6 is 0 Å². The van der Waals surface area contributed by atoms with Gasteiger partial charge < -0.3 is 24.7 Å². The van der Waals surface area contributed by atoms with E-state index in [0.29, 0.717) is 36.5 Å². The van der Waals surface area contributed by atoms with Gasteiger partial charge in [0.15, 0.2) is 6.61 Å². The van der Waals surface area contributed by atoms with E-state index in [1.165, 1.54) is 11.1 Å². The molecule has 1 N–H and O–H groups in total. The molecule has 1 aliphatic heterocycles. The number of piperazine rings is 1. The van der Waals surface area contributed by atoms with Crippen LogP contribution in [0, 0.1) is 5.92 Å². The molecule has 1 amide bonds. The fraction of sp³-hybridized carbons (Fsp3) is 0.630. The van der Waals surface area contributed by atoms with Crippen LogP contribution in [0.3, 0.4) is 0 Å². The highest BCUT2D eigenvalue weighted by Crippen LogP contribution is 2.36. The number of amides is 1. The van der Waals surface area contributed by atoms with Crippen LogP contribution in [-0.4, -0.2) is 90.3 Å². The number of aromatic nitrogens is 4. The van der Waals surface area contributed by atoms with Crippen molar-refractivity contribution in [2.24, 2.45) is 11.1 Å². The van der Waals surface area contributed by atoms with E-state index >= 15 is 0 Å². The molecule has 19 heteroatoms. The van der Waals surface area contributed by atoms with Crippen LogP contribution in [0.2, 0.25) is 25.7 Å². The molecule has 1 unspecified atom stereocenters. The van der Waals surface area contributed by atoms with E-state index < -0.39 is 68.1 Å². The molecule has 0 aromatic carbocycles. The zero-order valence-corrected chi connectivity index (χ0v) is 26.6. The van der Waals surface area contributed by atoms with Gasteiger partial charge in [-0.15, -0.1) is 0 Å². The van der Waals surface area contributed by atoms with Gasteiger partial charge in [-0.3, -0.25) is 9.59 Å². The highest BCUT2D eigenvalue weighted by molar-refractivity contribution is 6.76. The number of rotatable bonds is 13. The molecule has 2 aromatic rings. The minimum atomic E-state index is -4.96. The van der Waals surface area contributed by atoms with Crippen molar-refractivity contribution < 1.29 is 40.7 Å². The first-order valence-electron chi connectivity index (χ1n) is 14.6. The second kappa shape index (κ2) is 14.4. The van der Waals surface area contributed by atoms with Gasteiger partial charge in [-0.1, -0.05) is 24.8 Å². The SMILES string of the molecule is C[Si](C)(C)CCOCn1ncc(NC(/C=N/OCC(=O)N2CCN(c3ncc(C(F)(F)F)cn3)CC2)C2CC2)c(C(F)(F)F)c1=O. The highest BCUT2D eigenvalue weighted by atomic mass is 28.3. The number of hydrogen-bond donors (Lipinski definition) is 1. The molecule has 2 aliphatic rings. The predicted octanol–water partition coefficient (Wildman–Crippen LogP) is 3.92. The lowest BCUT2D eigenvalue weighted by atomic mass is 10.1. The lowest BCUT2D eigenvalue weighted by molar-refractivity contribution is -0.139. The summed E-state index contributed by atoms with van der Waals surface area (Å²) in [5.41, 5.74) is -4.18. The van der Waals surface area contributed by atoms with Crippen molar-refractivity contribution in [1.29, 1.82) is 0 Å². The number of hydrogen-bond acceptors (Lipinski definition) is 10. The summed E-state index contributed by atoms with van der Waals surface area (Å²) in [6.45, 7) is 6.90. The number of nitrogens with one attached hydrogen (secondary N) is 1. The minimum absolute atomic E-state index is 0.0584. The van der Waals surface area contributed by atoms with E-state index in [4.69, 9.17) is 9.57 Å². The maximum absolute atomic E-state index is 14.0. The standard InChI is InChI=1S/C27H36F6N8O4Si/c1-46(2,3)11-10-44-17-41-24(43)23(27(31,32)33)21(14-36-41)38-20(18-4-5-18)15-37-45-16-22(42)39-6-8-40(9-7-39)25-34-12-19(13-35-25)26(28,29)30/h12-15,18,20,38H,4-11,16-17H2,1-3H3/b37-15+. The molecule has 0 spiro atoms. The number of oxime groups is 1. The Morgan fingerprint density at radius 1 is 1.07 bits per heavy atom. The van der Waals surface area contributed by atoms with Crippen molar-refractivity contribution in [3.63, 3.8) is 0 Å². The molecule has 2 aromatic heterocycles. The van der Waals surface area contributed by atoms with E-state index in [1.54, 1.807) is 4.90 Å². The number of carbonyl (C=O) groups is 1. The van der Waals surface area contributed by atoms with E-state index in [9.17, 15) is 35.9 Å². The predicted molar refractivity (Wildman–Crippen MR) is 158 cm³/mol. The number of nitrogens with zero attached hydrogens (tertiary/aromatic N) is 7. The third-order valence-corrected chi connectivity index (χ3v) is 9.06. The summed E-state index contributed by atoms with van der Waals surface area (Å²) in [7, 11) is -1.43. The fourth-order valence-corrected chi connectivity index (χ4v) is 5.24. The lowest BCUT2D eigenvalue weighted by Crippen LogP contribution is -2.50. The largest absolute Gasteiger partial charge is 0.423 e. The molecule has 1 atom stereocenters. The molecular formula is C27H36F6N8O4Si. The van der Waals surface area contributed by atoms with Gasteiger partial charge in [0.2, 0.25) is 5.95 Å². The molecule has 4 rings (SSSR count). The van der Waals surface area contributed by atoms with Gasteiger partial charge >= 0.3 is 12.4 Å². The molecule has 1 saturated carbocycles. The van der Waals surface area contributed by atoms with Crippen LogP contribution in [0.4, 0.5) is 38.0 Å². The monoisotopic (exact) mass is 678 g/mol. The van der Waals surface area contributed by atoms with Gasteiger partial charge in [-0.05, 0) is 24.8 Å². The van der Waals surface area contributed by atoms with Crippen LogP contribution < -0.4 is 15.8 Å². The Kier molecular flexibility index (Phi) is 11.0. The van der Waals surface area contributed by atoms with Crippen molar-refractivity contribution in [2.45, 2.75) is 63.7 Å². The molecule has 46 heavy (non-hydrogen) atoms. The minimum Gasteiger partial charge on any atom is -0.386 e. The Morgan fingerprint density at radius 2 is 1.72 bits per heavy atom. The number of alkyl halides is 6. The summed E-state index contributed by atoms with van der Waals surface area (Å²) in [5, 5.41) is 10.4. The van der Waals surface area contributed by atoms with Crippen LogP contribution in [-0.2, 0) is 33.5 Å². The summed E-state index contributed by atoms with van der Waals surface area (Å²) in [5.74, 6) is -0.344. The summed E-state index contributed by atoms with van der Waals surface area (Å²) >= 11 is 0. The van der Waals surface area contributed by atoms with Crippen molar-refractivity contribution >= 4 is 31.8 Å². The first-order valence-corrected chi connectivity index (χ1v) is 18.3. The van der Waals surface area contributed by atoms with E-state index in [2.05, 4.69) is 45.2 Å². The smallest absolute Gasteiger partial charge is 0.386 e. The molecule has 0 bridgehead atoms. The van der Waals surface area contributed by atoms with Gasteiger partial charge in [-0.2, -0.15) is 31.4 Å². The molecule has 1 saturated heterocycles. The average molecular weight is 679 g/mol. The number of ether oxygens (including phenoxy) is 1. The van der Waals surface area contributed by atoms with Crippen molar-refractivity contribution in [3.8, 4) is 0 Å². The number of anilines is 2. The molecule has 12 nitrogen and oxygen atoms in total. The molecule has 0 radical (unpaired) electrons. The molecule has 254 valence electrons. The Morgan fingerprint density at radius 3 is 2.28 bits per heavy atom. The normalized spacial score (nSPS) is 17.0. The molecule has 3 heterocycles. The van der Waals surface area contributed by atoms with E-state index in [-0.39, 0.29) is 38.0 Å². The number of carbonyl (C=O) groups excluding carboxylic acids is 1. The number of halogens is 6. The van der Waals surface area contributed by atoms with Crippen LogP contribution in [0.25, 0.3) is 0 Å². The average Bonchev–Trinajstić information content (AvgIpc) is 3.82. The second-order valence-electron chi connectivity index (χ2n) is 12.3. The molecule has 2 fully saturated rings. The topological polar surface area (TPSA) is 127 Å². The summed E-state index contributed by atoms with van der Waals surface area (Å²) < 4.78 is 86.3. The van der Waals surface area contributed by atoms with Crippen molar-refractivity contribution in [2.75, 3.05) is 49.6 Å². The van der Waals surface area contributed by atoms with Gasteiger partial charge in [0.25, 0.3) is 11.5 Å². The van der Waals surface area contributed by atoms with E-state index in [1.807, 2.05) is 0 Å². The maximum atomic E-state index is 14.0.